The lowest BCUT2D eigenvalue weighted by Crippen LogP contribution is -2.56. The molecule has 1 aromatic heterocycles. The predicted octanol–water partition coefficient (Wildman–Crippen LogP) is 2.90. The average Bonchev–Trinajstić information content (AvgIpc) is 3.33. The molecule has 1 aromatic carbocycles. The van der Waals surface area contributed by atoms with E-state index in [0.29, 0.717) is 36.4 Å². The Morgan fingerprint density at radius 2 is 1.75 bits per heavy atom. The van der Waals surface area contributed by atoms with Gasteiger partial charge in [-0.15, -0.1) is 11.8 Å². The summed E-state index contributed by atoms with van der Waals surface area (Å²) in [5.74, 6) is -1.07. The number of sulfonamides is 1. The van der Waals surface area contributed by atoms with Crippen LogP contribution in [0.5, 0.6) is 5.75 Å². The first-order valence-corrected chi connectivity index (χ1v) is 17.0. The smallest absolute Gasteiger partial charge is 0.415 e. The van der Waals surface area contributed by atoms with Gasteiger partial charge in [-0.2, -0.15) is 4.31 Å². The molecule has 2 aliphatic heterocycles. The van der Waals surface area contributed by atoms with Gasteiger partial charge in [0.2, 0.25) is 15.9 Å². The second-order valence-corrected chi connectivity index (χ2v) is 15.5. The van der Waals surface area contributed by atoms with Crippen LogP contribution in [0.3, 0.4) is 0 Å². The quantitative estimate of drug-likeness (QED) is 0.394. The maximum absolute atomic E-state index is 13.5. The third kappa shape index (κ3) is 7.71. The summed E-state index contributed by atoms with van der Waals surface area (Å²) >= 11 is 1.29. The van der Waals surface area contributed by atoms with Gasteiger partial charge in [-0.3, -0.25) is 14.7 Å². The first-order chi connectivity index (χ1) is 20.7. The molecule has 14 heteroatoms. The summed E-state index contributed by atoms with van der Waals surface area (Å²) in [6.45, 7) is 12.8. The highest BCUT2D eigenvalue weighted by molar-refractivity contribution is 8.02. The number of aromatic nitrogens is 1. The van der Waals surface area contributed by atoms with E-state index in [1.54, 1.807) is 43.0 Å². The number of amides is 2. The van der Waals surface area contributed by atoms with E-state index < -0.39 is 44.8 Å². The molecule has 12 nitrogen and oxygen atoms in total. The van der Waals surface area contributed by atoms with Gasteiger partial charge in [0.25, 0.3) is 0 Å². The van der Waals surface area contributed by atoms with Crippen LogP contribution in [0.2, 0.25) is 0 Å². The molecule has 2 aliphatic rings. The number of nitrogens with one attached hydrogen (secondary N) is 1. The molecule has 3 heterocycles. The number of pyridine rings is 1. The van der Waals surface area contributed by atoms with Gasteiger partial charge in [-0.25, -0.2) is 18.0 Å². The third-order valence-corrected chi connectivity index (χ3v) is 11.6. The molecule has 2 saturated heterocycles. The number of carbonyl (C=O) groups excluding carboxylic acids is 2. The minimum atomic E-state index is -4.06. The molecule has 0 aliphatic carbocycles. The molecular weight excluding hydrogens is 606 g/mol. The molecule has 0 spiro atoms. The molecule has 2 N–H and O–H groups in total. The van der Waals surface area contributed by atoms with E-state index in [1.165, 1.54) is 36.3 Å². The minimum absolute atomic E-state index is 0.0347. The van der Waals surface area contributed by atoms with Gasteiger partial charge in [0.05, 0.1) is 5.88 Å². The highest BCUT2D eigenvalue weighted by atomic mass is 32.2. The Hall–Kier alpha value is -3.20. The van der Waals surface area contributed by atoms with E-state index in [-0.39, 0.29) is 17.2 Å². The number of benzene rings is 1. The molecule has 2 fully saturated rings. The van der Waals surface area contributed by atoms with E-state index in [9.17, 15) is 27.9 Å². The molecule has 2 amide bonds. The monoisotopic (exact) mass is 647 g/mol. The summed E-state index contributed by atoms with van der Waals surface area (Å²) in [4.78, 5) is 46.3. The number of ether oxygens (including phenoxy) is 1. The normalized spacial score (nSPS) is 20.7. The number of rotatable bonds is 10. The third-order valence-electron chi connectivity index (χ3n) is 8.30. The molecule has 4 rings (SSSR count). The lowest BCUT2D eigenvalue weighted by molar-refractivity contribution is -0.142. The zero-order valence-corrected chi connectivity index (χ0v) is 27.3. The summed E-state index contributed by atoms with van der Waals surface area (Å²) in [7, 11) is -4.06. The van der Waals surface area contributed by atoms with Crippen LogP contribution >= 0.6 is 11.8 Å². The van der Waals surface area contributed by atoms with Crippen molar-refractivity contribution >= 4 is 39.8 Å². The van der Waals surface area contributed by atoms with Crippen LogP contribution in [-0.2, 0) is 26.0 Å². The van der Waals surface area contributed by atoms with Crippen molar-refractivity contribution in [2.24, 2.45) is 5.92 Å². The largest absolute Gasteiger partial charge is 0.480 e. The summed E-state index contributed by atoms with van der Waals surface area (Å²) in [6.07, 6.45) is 2.18. The first kappa shape index (κ1) is 33.7. The maximum Gasteiger partial charge on any atom is 0.415 e. The molecule has 2 aromatic rings. The second-order valence-electron chi connectivity index (χ2n) is 12.0. The molecular formula is C30H41N5O7S2. The fraction of sp³-hybridized carbons (Fsp3) is 0.533. The van der Waals surface area contributed by atoms with Gasteiger partial charge in [0.1, 0.15) is 22.7 Å². The highest BCUT2D eigenvalue weighted by Crippen LogP contribution is 2.42. The topological polar surface area (TPSA) is 149 Å². The van der Waals surface area contributed by atoms with Crippen molar-refractivity contribution in [2.45, 2.75) is 68.8 Å². The van der Waals surface area contributed by atoms with Crippen molar-refractivity contribution in [3.05, 3.63) is 54.4 Å². The summed E-state index contributed by atoms with van der Waals surface area (Å²) in [6, 6.07) is 7.33. The Kier molecular flexibility index (Phi) is 10.6. The number of hydrogen-bond acceptors (Lipinski definition) is 9. The van der Waals surface area contributed by atoms with Crippen LogP contribution in [0, 0.1) is 5.92 Å². The summed E-state index contributed by atoms with van der Waals surface area (Å²) < 4.78 is 32.6. The van der Waals surface area contributed by atoms with Crippen LogP contribution in [0.1, 0.15) is 40.2 Å². The number of carboxylic acids is 1. The Morgan fingerprint density at radius 3 is 2.32 bits per heavy atom. The van der Waals surface area contributed by atoms with Gasteiger partial charge in [-0.1, -0.05) is 26.0 Å². The first-order valence-electron chi connectivity index (χ1n) is 14.6. The SMILES string of the molecule is CC(C)C(C)N1CCN(C(=O)Oc2ccc(C[C@H](NC(=O)[C@H]3N(S(=O)(=O)c4cccnc4)CSC3(C)C)C(=O)O)cc2)CC1. The number of carbonyl (C=O) groups is 3. The maximum atomic E-state index is 13.5. The number of carboxylic acid groups (broad SMARTS) is 1. The summed E-state index contributed by atoms with van der Waals surface area (Å²) in [5, 5.41) is 12.5. The van der Waals surface area contributed by atoms with Gasteiger partial charge in [-0.05, 0) is 56.5 Å². The lowest BCUT2D eigenvalue weighted by Gasteiger charge is -2.38. The fourth-order valence-electron chi connectivity index (χ4n) is 5.30. The zero-order valence-electron chi connectivity index (χ0n) is 25.7. The zero-order chi connectivity index (χ0) is 32.2. The lowest BCUT2D eigenvalue weighted by atomic mass is 10.0. The van der Waals surface area contributed by atoms with Crippen molar-refractivity contribution < 1.29 is 32.6 Å². The van der Waals surface area contributed by atoms with Crippen LogP contribution in [0.4, 0.5) is 4.79 Å². The number of thioether (sulfide) groups is 1. The van der Waals surface area contributed by atoms with Crippen LogP contribution < -0.4 is 10.1 Å². The molecule has 0 bridgehead atoms. The molecule has 3 atom stereocenters. The fourth-order valence-corrected chi connectivity index (χ4v) is 8.43. The minimum Gasteiger partial charge on any atom is -0.480 e. The van der Waals surface area contributed by atoms with E-state index in [1.807, 2.05) is 0 Å². The Balaban J connectivity index is 1.38. The van der Waals surface area contributed by atoms with Crippen molar-refractivity contribution in [1.82, 2.24) is 24.4 Å². The Morgan fingerprint density at radius 1 is 1.09 bits per heavy atom. The van der Waals surface area contributed by atoms with Crippen molar-refractivity contribution in [2.75, 3.05) is 32.1 Å². The van der Waals surface area contributed by atoms with E-state index in [2.05, 4.69) is 36.0 Å². The number of nitrogens with zero attached hydrogens (tertiary/aromatic N) is 4. The molecule has 44 heavy (non-hydrogen) atoms. The van der Waals surface area contributed by atoms with Crippen molar-refractivity contribution in [3.8, 4) is 5.75 Å². The average molecular weight is 648 g/mol. The van der Waals surface area contributed by atoms with Gasteiger partial charge >= 0.3 is 12.1 Å². The molecule has 240 valence electrons. The van der Waals surface area contributed by atoms with Crippen LogP contribution in [-0.4, -0.2) is 106 Å². The van der Waals surface area contributed by atoms with E-state index >= 15 is 0 Å². The van der Waals surface area contributed by atoms with Crippen molar-refractivity contribution in [3.63, 3.8) is 0 Å². The predicted molar refractivity (Wildman–Crippen MR) is 167 cm³/mol. The highest BCUT2D eigenvalue weighted by Gasteiger charge is 2.51. The Bertz CT molecular complexity index is 1430. The Labute approximate surface area is 263 Å². The number of aliphatic carboxylic acids is 1. The molecule has 0 saturated carbocycles. The van der Waals surface area contributed by atoms with E-state index in [0.717, 1.165) is 17.4 Å². The van der Waals surface area contributed by atoms with Gasteiger partial charge < -0.3 is 20.1 Å². The van der Waals surface area contributed by atoms with E-state index in [4.69, 9.17) is 4.74 Å². The number of hydrogen-bond donors (Lipinski definition) is 2. The second kappa shape index (κ2) is 13.8. The molecule has 1 unspecified atom stereocenters. The van der Waals surface area contributed by atoms with Crippen LogP contribution in [0.15, 0.2) is 53.7 Å². The van der Waals surface area contributed by atoms with Gasteiger partial charge in [0, 0.05) is 55.8 Å². The van der Waals surface area contributed by atoms with Crippen LogP contribution in [0.25, 0.3) is 0 Å². The van der Waals surface area contributed by atoms with Crippen molar-refractivity contribution in [1.29, 1.82) is 0 Å². The standard InChI is InChI=1S/C30H41N5O7S2/c1-20(2)21(3)33-13-15-34(16-14-33)29(39)42-23-10-8-22(9-11-23)17-25(28(37)38)32-27(36)26-30(4,5)43-19-35(26)44(40,41)24-7-6-12-31-18-24/h6-12,18,20-21,25-26H,13-17,19H2,1-5H3,(H,32,36)(H,37,38)/t21?,25-,26+/m0/s1. The molecule has 0 radical (unpaired) electrons. The summed E-state index contributed by atoms with van der Waals surface area (Å²) in [5.41, 5.74) is 0.591. The number of piperazine rings is 1. The van der Waals surface area contributed by atoms with Gasteiger partial charge in [0.15, 0.2) is 0 Å².